The average molecular weight is 256 g/mol. The summed E-state index contributed by atoms with van der Waals surface area (Å²) in [6.45, 7) is 0.353. The molecule has 1 amide bonds. The lowest BCUT2D eigenvalue weighted by Gasteiger charge is -2.08. The SMILES string of the molecule is N#CC1(C(=O)NCc2ccc3[nH]c(=O)[nH]c3c2)CC1. The van der Waals surface area contributed by atoms with E-state index in [0.29, 0.717) is 24.9 Å². The van der Waals surface area contributed by atoms with Gasteiger partial charge in [0.25, 0.3) is 0 Å². The quantitative estimate of drug-likeness (QED) is 0.756. The minimum atomic E-state index is -0.799. The van der Waals surface area contributed by atoms with E-state index in [2.05, 4.69) is 21.4 Å². The summed E-state index contributed by atoms with van der Waals surface area (Å²) in [6, 6.07) is 7.48. The monoisotopic (exact) mass is 256 g/mol. The molecule has 0 aliphatic heterocycles. The standard InChI is InChI=1S/C13H12N4O2/c14-7-13(3-4-13)11(18)15-6-8-1-2-9-10(5-8)17-12(19)16-9/h1-2,5H,3-4,6H2,(H,15,18)(H2,16,17,19). The zero-order chi connectivity index (χ0) is 13.5. The molecule has 1 heterocycles. The molecule has 1 fully saturated rings. The number of nitriles is 1. The summed E-state index contributed by atoms with van der Waals surface area (Å²) >= 11 is 0. The van der Waals surface area contributed by atoms with Crippen molar-refractivity contribution in [2.75, 3.05) is 0 Å². The van der Waals surface area contributed by atoms with Gasteiger partial charge in [-0.05, 0) is 30.5 Å². The Kier molecular flexibility index (Phi) is 2.42. The van der Waals surface area contributed by atoms with E-state index in [0.717, 1.165) is 11.1 Å². The molecular formula is C13H12N4O2. The molecule has 0 atom stereocenters. The summed E-state index contributed by atoms with van der Waals surface area (Å²) in [6.07, 6.45) is 1.28. The second-order valence-corrected chi connectivity index (χ2v) is 4.84. The van der Waals surface area contributed by atoms with Gasteiger partial charge in [0.1, 0.15) is 5.41 Å². The van der Waals surface area contributed by atoms with Crippen LogP contribution in [0.1, 0.15) is 18.4 Å². The third kappa shape index (κ3) is 1.99. The van der Waals surface area contributed by atoms with Gasteiger partial charge in [-0.1, -0.05) is 6.07 Å². The summed E-state index contributed by atoms with van der Waals surface area (Å²) < 4.78 is 0. The van der Waals surface area contributed by atoms with Crippen molar-refractivity contribution in [2.45, 2.75) is 19.4 Å². The zero-order valence-electron chi connectivity index (χ0n) is 10.1. The van der Waals surface area contributed by atoms with Gasteiger partial charge in [0.15, 0.2) is 0 Å². The summed E-state index contributed by atoms with van der Waals surface area (Å²) in [4.78, 5) is 28.2. The number of rotatable bonds is 3. The van der Waals surface area contributed by atoms with Gasteiger partial charge in [-0.25, -0.2) is 4.79 Å². The second-order valence-electron chi connectivity index (χ2n) is 4.84. The maximum absolute atomic E-state index is 11.8. The lowest BCUT2D eigenvalue weighted by atomic mass is 10.1. The van der Waals surface area contributed by atoms with Crippen LogP contribution >= 0.6 is 0 Å². The van der Waals surface area contributed by atoms with Crippen LogP contribution in [0, 0.1) is 16.7 Å². The number of carbonyl (C=O) groups excluding carboxylic acids is 1. The van der Waals surface area contributed by atoms with E-state index in [1.54, 1.807) is 12.1 Å². The molecule has 0 radical (unpaired) electrons. The summed E-state index contributed by atoms with van der Waals surface area (Å²) in [5, 5.41) is 11.7. The number of benzene rings is 1. The fraction of sp³-hybridized carbons (Fsp3) is 0.308. The van der Waals surface area contributed by atoms with Crippen molar-refractivity contribution in [2.24, 2.45) is 5.41 Å². The number of aromatic nitrogens is 2. The lowest BCUT2D eigenvalue weighted by molar-refractivity contribution is -0.124. The number of nitrogens with one attached hydrogen (secondary N) is 3. The van der Waals surface area contributed by atoms with Crippen LogP contribution < -0.4 is 11.0 Å². The number of imidazole rings is 1. The molecule has 96 valence electrons. The molecule has 0 spiro atoms. The minimum Gasteiger partial charge on any atom is -0.351 e. The molecule has 1 aromatic heterocycles. The van der Waals surface area contributed by atoms with Crippen LogP contribution in [0.25, 0.3) is 11.0 Å². The molecule has 6 nitrogen and oxygen atoms in total. The summed E-state index contributed by atoms with van der Waals surface area (Å²) in [5.41, 5.74) is 1.27. The number of hydrogen-bond donors (Lipinski definition) is 3. The van der Waals surface area contributed by atoms with E-state index in [4.69, 9.17) is 5.26 Å². The van der Waals surface area contributed by atoms with Crippen molar-refractivity contribution in [3.05, 3.63) is 34.2 Å². The van der Waals surface area contributed by atoms with Crippen molar-refractivity contribution in [1.82, 2.24) is 15.3 Å². The Morgan fingerprint density at radius 2 is 2.11 bits per heavy atom. The van der Waals surface area contributed by atoms with Crippen molar-refractivity contribution < 1.29 is 4.79 Å². The van der Waals surface area contributed by atoms with Crippen LogP contribution in [0.15, 0.2) is 23.0 Å². The van der Waals surface area contributed by atoms with Crippen molar-refractivity contribution in [3.8, 4) is 6.07 Å². The van der Waals surface area contributed by atoms with Crippen molar-refractivity contribution in [1.29, 1.82) is 5.26 Å². The average Bonchev–Trinajstić information content (AvgIpc) is 3.12. The predicted octanol–water partition coefficient (Wildman–Crippen LogP) is 0.776. The van der Waals surface area contributed by atoms with Crippen molar-refractivity contribution >= 4 is 16.9 Å². The smallest absolute Gasteiger partial charge is 0.323 e. The molecule has 19 heavy (non-hydrogen) atoms. The Hall–Kier alpha value is -2.55. The van der Waals surface area contributed by atoms with E-state index >= 15 is 0 Å². The topological polar surface area (TPSA) is 102 Å². The molecule has 1 saturated carbocycles. The highest BCUT2D eigenvalue weighted by molar-refractivity contribution is 5.88. The highest BCUT2D eigenvalue weighted by Gasteiger charge is 2.50. The number of nitrogens with zero attached hydrogens (tertiary/aromatic N) is 1. The molecule has 2 aromatic rings. The van der Waals surface area contributed by atoms with Crippen LogP contribution in [-0.2, 0) is 11.3 Å². The van der Waals surface area contributed by atoms with Crippen LogP contribution in [0.2, 0.25) is 0 Å². The molecule has 1 aromatic carbocycles. The Bertz CT molecular complexity index is 746. The number of fused-ring (bicyclic) bond motifs is 1. The van der Waals surface area contributed by atoms with Gasteiger partial charge in [-0.2, -0.15) is 5.26 Å². The maximum Gasteiger partial charge on any atom is 0.323 e. The molecule has 6 heteroatoms. The van der Waals surface area contributed by atoms with Gasteiger partial charge in [-0.15, -0.1) is 0 Å². The van der Waals surface area contributed by atoms with Gasteiger partial charge in [0.05, 0.1) is 17.1 Å². The molecule has 0 unspecified atom stereocenters. The molecular weight excluding hydrogens is 244 g/mol. The van der Waals surface area contributed by atoms with E-state index in [1.165, 1.54) is 0 Å². The van der Waals surface area contributed by atoms with Crippen LogP contribution in [0.3, 0.4) is 0 Å². The van der Waals surface area contributed by atoms with Gasteiger partial charge in [-0.3, -0.25) is 4.79 Å². The Balaban J connectivity index is 1.73. The Morgan fingerprint density at radius 1 is 1.37 bits per heavy atom. The van der Waals surface area contributed by atoms with Crippen LogP contribution in [0.5, 0.6) is 0 Å². The van der Waals surface area contributed by atoms with E-state index in [-0.39, 0.29) is 11.6 Å². The number of H-pyrrole nitrogens is 2. The normalized spacial score (nSPS) is 15.9. The van der Waals surface area contributed by atoms with Crippen molar-refractivity contribution in [3.63, 3.8) is 0 Å². The van der Waals surface area contributed by atoms with Gasteiger partial charge in [0, 0.05) is 6.54 Å². The van der Waals surface area contributed by atoms with Gasteiger partial charge >= 0.3 is 5.69 Å². The highest BCUT2D eigenvalue weighted by Crippen LogP contribution is 2.44. The second kappa shape index (κ2) is 3.99. The molecule has 1 aliphatic carbocycles. The first-order valence-electron chi connectivity index (χ1n) is 6.03. The lowest BCUT2D eigenvalue weighted by Crippen LogP contribution is -2.30. The van der Waals surface area contributed by atoms with Crippen LogP contribution in [0.4, 0.5) is 0 Å². The van der Waals surface area contributed by atoms with E-state index in [9.17, 15) is 9.59 Å². The summed E-state index contributed by atoms with van der Waals surface area (Å²) in [7, 11) is 0. The van der Waals surface area contributed by atoms with Crippen LogP contribution in [-0.4, -0.2) is 15.9 Å². The number of hydrogen-bond acceptors (Lipinski definition) is 3. The summed E-state index contributed by atoms with van der Waals surface area (Å²) in [5.74, 6) is -0.211. The zero-order valence-corrected chi connectivity index (χ0v) is 10.1. The number of aromatic amines is 2. The predicted molar refractivity (Wildman–Crippen MR) is 68.0 cm³/mol. The van der Waals surface area contributed by atoms with Gasteiger partial charge < -0.3 is 15.3 Å². The van der Waals surface area contributed by atoms with E-state index in [1.807, 2.05) is 6.07 Å². The number of carbonyl (C=O) groups is 1. The van der Waals surface area contributed by atoms with Gasteiger partial charge in [0.2, 0.25) is 5.91 Å². The Labute approximate surface area is 108 Å². The fourth-order valence-corrected chi connectivity index (χ4v) is 2.06. The first kappa shape index (κ1) is 11.5. The minimum absolute atomic E-state index is 0.211. The molecule has 1 aliphatic rings. The first-order chi connectivity index (χ1) is 9.13. The first-order valence-corrected chi connectivity index (χ1v) is 6.03. The molecule has 3 rings (SSSR count). The largest absolute Gasteiger partial charge is 0.351 e. The highest BCUT2D eigenvalue weighted by atomic mass is 16.2. The third-order valence-electron chi connectivity index (χ3n) is 3.43. The third-order valence-corrected chi connectivity index (χ3v) is 3.43. The molecule has 0 saturated heterocycles. The maximum atomic E-state index is 11.8. The Morgan fingerprint density at radius 3 is 2.79 bits per heavy atom. The fourth-order valence-electron chi connectivity index (χ4n) is 2.06. The molecule has 3 N–H and O–H groups in total. The molecule has 0 bridgehead atoms. The number of amides is 1. The van der Waals surface area contributed by atoms with E-state index < -0.39 is 5.41 Å².